The lowest BCUT2D eigenvalue weighted by atomic mass is 10.1. The van der Waals surface area contributed by atoms with E-state index in [1.54, 1.807) is 4.57 Å². The molecule has 1 saturated heterocycles. The van der Waals surface area contributed by atoms with Crippen LogP contribution in [-0.4, -0.2) is 39.2 Å². The van der Waals surface area contributed by atoms with E-state index in [2.05, 4.69) is 4.98 Å². The van der Waals surface area contributed by atoms with Crippen molar-refractivity contribution in [1.82, 2.24) is 14.5 Å². The molecular formula is C12H15N3O2S. The highest BCUT2D eigenvalue weighted by atomic mass is 32.2. The van der Waals surface area contributed by atoms with Crippen LogP contribution in [0, 0.1) is 5.92 Å². The molecule has 1 atom stereocenters. The third-order valence-corrected chi connectivity index (χ3v) is 4.64. The third-order valence-electron chi connectivity index (χ3n) is 3.48. The van der Waals surface area contributed by atoms with Crippen LogP contribution in [0.5, 0.6) is 0 Å². The first-order valence-electron chi connectivity index (χ1n) is 6.23. The number of carbonyl (C=O) groups is 1. The monoisotopic (exact) mass is 265 g/mol. The Morgan fingerprint density at radius 3 is 2.94 bits per heavy atom. The van der Waals surface area contributed by atoms with Gasteiger partial charge in [-0.1, -0.05) is 11.8 Å². The Labute approximate surface area is 109 Å². The molecule has 5 nitrogen and oxygen atoms in total. The van der Waals surface area contributed by atoms with Crippen molar-refractivity contribution >= 4 is 17.7 Å². The molecule has 3 rings (SSSR count). The molecule has 0 aliphatic carbocycles. The highest BCUT2D eigenvalue weighted by molar-refractivity contribution is 7.99. The fraction of sp³-hybridized carbons (Fsp3) is 0.583. The molecule has 0 saturated carbocycles. The fourth-order valence-corrected chi connectivity index (χ4v) is 3.55. The van der Waals surface area contributed by atoms with E-state index in [1.165, 1.54) is 24.0 Å². The quantitative estimate of drug-likeness (QED) is 0.697. The second-order valence-corrected chi connectivity index (χ2v) is 5.70. The lowest BCUT2D eigenvalue weighted by Gasteiger charge is -2.27. The molecule has 96 valence electrons. The number of hydrogen-bond donors (Lipinski definition) is 0. The molecule has 18 heavy (non-hydrogen) atoms. The smallest absolute Gasteiger partial charge is 0.254 e. The largest absolute Gasteiger partial charge is 0.342 e. The first kappa shape index (κ1) is 11.8. The van der Waals surface area contributed by atoms with Crippen molar-refractivity contribution in [3.63, 3.8) is 0 Å². The predicted octanol–water partition coefficient (Wildman–Crippen LogP) is 0.588. The molecule has 1 amide bonds. The number of thioether (sulfide) groups is 1. The van der Waals surface area contributed by atoms with Crippen LogP contribution in [0.1, 0.15) is 12.8 Å². The van der Waals surface area contributed by atoms with Gasteiger partial charge in [-0.15, -0.1) is 0 Å². The van der Waals surface area contributed by atoms with Crippen LogP contribution >= 0.6 is 11.8 Å². The standard InChI is InChI=1S/C12H15N3O2S/c16-10-3-4-13-12-15(10)7-9(8-18-12)11(17)14-5-1-2-6-14/h3-4,9H,1-2,5-8H2. The number of aromatic nitrogens is 2. The zero-order valence-electron chi connectivity index (χ0n) is 10.0. The number of hydrogen-bond acceptors (Lipinski definition) is 4. The summed E-state index contributed by atoms with van der Waals surface area (Å²) in [6.45, 7) is 2.22. The molecule has 2 aliphatic heterocycles. The van der Waals surface area contributed by atoms with Gasteiger partial charge >= 0.3 is 0 Å². The molecule has 1 aromatic heterocycles. The minimum absolute atomic E-state index is 0.0635. The molecule has 1 unspecified atom stereocenters. The number of fused-ring (bicyclic) bond motifs is 1. The number of nitrogens with zero attached hydrogens (tertiary/aromatic N) is 3. The van der Waals surface area contributed by atoms with Crippen LogP contribution in [0.15, 0.2) is 22.2 Å². The summed E-state index contributed by atoms with van der Waals surface area (Å²) in [5.74, 6) is 0.843. The van der Waals surface area contributed by atoms with Crippen LogP contribution < -0.4 is 5.56 Å². The van der Waals surface area contributed by atoms with E-state index < -0.39 is 0 Å². The lowest BCUT2D eigenvalue weighted by molar-refractivity contribution is -0.134. The molecule has 0 spiro atoms. The molecule has 0 aromatic carbocycles. The van der Waals surface area contributed by atoms with Gasteiger partial charge in [0.15, 0.2) is 5.16 Å². The molecule has 1 aromatic rings. The van der Waals surface area contributed by atoms with Gasteiger partial charge in [0.2, 0.25) is 5.91 Å². The Balaban J connectivity index is 1.80. The number of amides is 1. The summed E-state index contributed by atoms with van der Waals surface area (Å²) in [6.07, 6.45) is 3.73. The van der Waals surface area contributed by atoms with E-state index >= 15 is 0 Å². The number of carbonyl (C=O) groups excluding carboxylic acids is 1. The van der Waals surface area contributed by atoms with Gasteiger partial charge < -0.3 is 4.90 Å². The summed E-state index contributed by atoms with van der Waals surface area (Å²) < 4.78 is 1.62. The highest BCUT2D eigenvalue weighted by Gasteiger charge is 2.30. The molecule has 0 bridgehead atoms. The Morgan fingerprint density at radius 2 is 2.17 bits per heavy atom. The Bertz CT molecular complexity index is 522. The minimum atomic E-state index is -0.0810. The van der Waals surface area contributed by atoms with Crippen molar-refractivity contribution < 1.29 is 4.79 Å². The van der Waals surface area contributed by atoms with Crippen LogP contribution in [0.25, 0.3) is 0 Å². The molecule has 2 aliphatic rings. The molecule has 1 fully saturated rings. The molecule has 3 heterocycles. The second-order valence-electron chi connectivity index (χ2n) is 4.72. The van der Waals surface area contributed by atoms with Gasteiger partial charge in [-0.2, -0.15) is 0 Å². The van der Waals surface area contributed by atoms with Crippen molar-refractivity contribution in [3.8, 4) is 0 Å². The average Bonchev–Trinajstić information content (AvgIpc) is 2.92. The van der Waals surface area contributed by atoms with Crippen molar-refractivity contribution in [1.29, 1.82) is 0 Å². The van der Waals surface area contributed by atoms with E-state index in [-0.39, 0.29) is 17.4 Å². The van der Waals surface area contributed by atoms with Crippen LogP contribution in [-0.2, 0) is 11.3 Å². The SMILES string of the molecule is O=C(C1CSc2nccc(=O)n2C1)N1CCCC1. The maximum Gasteiger partial charge on any atom is 0.254 e. The first-order chi connectivity index (χ1) is 8.75. The minimum Gasteiger partial charge on any atom is -0.342 e. The summed E-state index contributed by atoms with van der Waals surface area (Å²) in [5, 5.41) is 0.730. The Hall–Kier alpha value is -1.30. The summed E-state index contributed by atoms with van der Waals surface area (Å²) in [4.78, 5) is 30.1. The Kier molecular flexibility index (Phi) is 3.11. The maximum atomic E-state index is 12.3. The van der Waals surface area contributed by atoms with Crippen molar-refractivity contribution in [2.24, 2.45) is 5.92 Å². The van der Waals surface area contributed by atoms with E-state index in [1.807, 2.05) is 4.90 Å². The van der Waals surface area contributed by atoms with E-state index in [4.69, 9.17) is 0 Å². The zero-order valence-corrected chi connectivity index (χ0v) is 10.9. The van der Waals surface area contributed by atoms with Crippen molar-refractivity contribution in [2.45, 2.75) is 24.5 Å². The van der Waals surface area contributed by atoms with Crippen molar-refractivity contribution in [3.05, 3.63) is 22.6 Å². The average molecular weight is 265 g/mol. The summed E-state index contributed by atoms with van der Waals surface area (Å²) >= 11 is 1.50. The Morgan fingerprint density at radius 1 is 1.39 bits per heavy atom. The molecule has 0 radical (unpaired) electrons. The van der Waals surface area contributed by atoms with Crippen LogP contribution in [0.3, 0.4) is 0 Å². The van der Waals surface area contributed by atoms with E-state index in [0.717, 1.165) is 36.8 Å². The summed E-state index contributed by atoms with van der Waals surface area (Å²) in [5.41, 5.74) is -0.0635. The number of likely N-dealkylation sites (tertiary alicyclic amines) is 1. The lowest BCUT2D eigenvalue weighted by Crippen LogP contribution is -2.41. The van der Waals surface area contributed by atoms with E-state index in [0.29, 0.717) is 6.54 Å². The molecular weight excluding hydrogens is 250 g/mol. The van der Waals surface area contributed by atoms with Gasteiger partial charge in [0.05, 0.1) is 5.92 Å². The normalized spacial score (nSPS) is 22.9. The fourth-order valence-electron chi connectivity index (χ4n) is 2.50. The van der Waals surface area contributed by atoms with Crippen molar-refractivity contribution in [2.75, 3.05) is 18.8 Å². The summed E-state index contributed by atoms with van der Waals surface area (Å²) in [6, 6.07) is 1.45. The molecule has 0 N–H and O–H groups in total. The second kappa shape index (κ2) is 4.76. The first-order valence-corrected chi connectivity index (χ1v) is 7.22. The van der Waals surface area contributed by atoms with Gasteiger partial charge in [-0.05, 0) is 12.8 Å². The van der Waals surface area contributed by atoms with Crippen LogP contribution in [0.4, 0.5) is 0 Å². The van der Waals surface area contributed by atoms with Gasteiger partial charge in [0.25, 0.3) is 5.56 Å². The number of rotatable bonds is 1. The van der Waals surface area contributed by atoms with Gasteiger partial charge in [-0.25, -0.2) is 4.98 Å². The predicted molar refractivity (Wildman–Crippen MR) is 68.5 cm³/mol. The van der Waals surface area contributed by atoms with Gasteiger partial charge in [0.1, 0.15) is 0 Å². The highest BCUT2D eigenvalue weighted by Crippen LogP contribution is 2.26. The maximum absolute atomic E-state index is 12.3. The topological polar surface area (TPSA) is 55.2 Å². The third kappa shape index (κ3) is 2.05. The summed E-state index contributed by atoms with van der Waals surface area (Å²) in [7, 11) is 0. The zero-order chi connectivity index (χ0) is 12.5. The molecule has 6 heteroatoms. The van der Waals surface area contributed by atoms with E-state index in [9.17, 15) is 9.59 Å². The van der Waals surface area contributed by atoms with Gasteiger partial charge in [-0.3, -0.25) is 14.2 Å². The van der Waals surface area contributed by atoms with Crippen LogP contribution in [0.2, 0.25) is 0 Å². The van der Waals surface area contributed by atoms with Gasteiger partial charge in [0, 0.05) is 37.7 Å².